The van der Waals surface area contributed by atoms with E-state index in [0.717, 1.165) is 43.6 Å². The second kappa shape index (κ2) is 7.73. The summed E-state index contributed by atoms with van der Waals surface area (Å²) in [5, 5.41) is 7.39. The monoisotopic (exact) mass is 381 g/mol. The summed E-state index contributed by atoms with van der Waals surface area (Å²) in [7, 11) is 0. The van der Waals surface area contributed by atoms with Gasteiger partial charge in [-0.05, 0) is 51.7 Å². The van der Waals surface area contributed by atoms with Crippen molar-refractivity contribution >= 4 is 11.8 Å². The van der Waals surface area contributed by atoms with Gasteiger partial charge in [0, 0.05) is 42.2 Å². The number of piperidine rings is 1. The molecular weight excluding hydrogens is 354 g/mol. The number of hydrogen-bond donors (Lipinski definition) is 1. The summed E-state index contributed by atoms with van der Waals surface area (Å²) in [5.74, 6) is 1.13. The molecule has 2 heterocycles. The summed E-state index contributed by atoms with van der Waals surface area (Å²) in [4.78, 5) is 31.4. The zero-order valence-corrected chi connectivity index (χ0v) is 16.5. The van der Waals surface area contributed by atoms with Gasteiger partial charge in [0.1, 0.15) is 6.33 Å². The lowest BCUT2D eigenvalue weighted by molar-refractivity contribution is -0.133. The van der Waals surface area contributed by atoms with E-state index in [4.69, 9.17) is 0 Å². The Morgan fingerprint density at radius 2 is 2.04 bits per heavy atom. The second-order valence-electron chi connectivity index (χ2n) is 8.07. The summed E-state index contributed by atoms with van der Waals surface area (Å²) in [6, 6.07) is 7.67. The highest BCUT2D eigenvalue weighted by Gasteiger charge is 2.35. The molecule has 0 unspecified atom stereocenters. The van der Waals surface area contributed by atoms with Crippen molar-refractivity contribution in [2.45, 2.75) is 51.6 Å². The van der Waals surface area contributed by atoms with Gasteiger partial charge in [0.2, 0.25) is 5.91 Å². The molecule has 0 spiro atoms. The maximum atomic E-state index is 12.8. The quantitative estimate of drug-likeness (QED) is 0.863. The number of hydrogen-bond acceptors (Lipinski definition) is 4. The molecular formula is C21H27N5O2. The molecule has 1 aliphatic heterocycles. The number of amides is 2. The molecule has 1 N–H and O–H groups in total. The van der Waals surface area contributed by atoms with Gasteiger partial charge in [0.25, 0.3) is 5.91 Å². The van der Waals surface area contributed by atoms with Crippen LogP contribution in [-0.2, 0) is 4.79 Å². The van der Waals surface area contributed by atoms with Gasteiger partial charge in [-0.15, -0.1) is 0 Å². The Morgan fingerprint density at radius 3 is 2.79 bits per heavy atom. The number of nitrogens with zero attached hydrogens (tertiary/aromatic N) is 4. The number of rotatable bonds is 5. The number of likely N-dealkylation sites (tertiary alicyclic amines) is 1. The Hall–Kier alpha value is -2.70. The zero-order valence-electron chi connectivity index (χ0n) is 16.5. The second-order valence-corrected chi connectivity index (χ2v) is 8.07. The normalized spacial score (nSPS) is 19.7. The Labute approximate surface area is 165 Å². The SMILES string of the molecule is CC(C)n1ncnc1-c1cccc(C(=O)N[C@H]2CCCN(C(=O)C3CC3)C2)c1. The summed E-state index contributed by atoms with van der Waals surface area (Å²) < 4.78 is 1.85. The molecule has 28 heavy (non-hydrogen) atoms. The third kappa shape index (κ3) is 3.93. The van der Waals surface area contributed by atoms with Crippen molar-refractivity contribution in [2.24, 2.45) is 5.92 Å². The Morgan fingerprint density at radius 1 is 1.21 bits per heavy atom. The minimum absolute atomic E-state index is 0.00641. The molecule has 0 bridgehead atoms. The lowest BCUT2D eigenvalue weighted by Gasteiger charge is -2.33. The van der Waals surface area contributed by atoms with E-state index in [9.17, 15) is 9.59 Å². The first-order valence-corrected chi connectivity index (χ1v) is 10.1. The number of carbonyl (C=O) groups excluding carboxylic acids is 2. The molecule has 148 valence electrons. The summed E-state index contributed by atoms with van der Waals surface area (Å²) in [5.41, 5.74) is 1.47. The Balaban J connectivity index is 1.45. The molecule has 2 aromatic rings. The molecule has 1 atom stereocenters. The third-order valence-corrected chi connectivity index (χ3v) is 5.44. The van der Waals surface area contributed by atoms with Gasteiger partial charge in [-0.3, -0.25) is 9.59 Å². The van der Waals surface area contributed by atoms with Crippen LogP contribution in [0, 0.1) is 5.92 Å². The summed E-state index contributed by atoms with van der Waals surface area (Å²) >= 11 is 0. The standard InChI is InChI=1S/C21H27N5O2/c1-14(2)26-19(22-13-23-26)16-5-3-6-17(11-16)20(27)24-18-7-4-10-25(12-18)21(28)15-8-9-15/h3,5-6,11,13-15,18H,4,7-10,12H2,1-2H3,(H,24,27)/t18-/m0/s1. The van der Waals surface area contributed by atoms with E-state index < -0.39 is 0 Å². The predicted octanol–water partition coefficient (Wildman–Crippen LogP) is 2.66. The smallest absolute Gasteiger partial charge is 0.251 e. The van der Waals surface area contributed by atoms with Crippen LogP contribution in [0.3, 0.4) is 0 Å². The van der Waals surface area contributed by atoms with Crippen LogP contribution in [-0.4, -0.2) is 50.6 Å². The fraction of sp³-hybridized carbons (Fsp3) is 0.524. The highest BCUT2D eigenvalue weighted by Crippen LogP contribution is 2.32. The maximum Gasteiger partial charge on any atom is 0.251 e. The minimum Gasteiger partial charge on any atom is -0.348 e. The molecule has 0 radical (unpaired) electrons. The van der Waals surface area contributed by atoms with Crippen LogP contribution in [0.4, 0.5) is 0 Å². The number of aromatic nitrogens is 3. The van der Waals surface area contributed by atoms with Crippen molar-refractivity contribution in [1.29, 1.82) is 0 Å². The van der Waals surface area contributed by atoms with Gasteiger partial charge >= 0.3 is 0 Å². The van der Waals surface area contributed by atoms with Crippen molar-refractivity contribution in [3.63, 3.8) is 0 Å². The fourth-order valence-corrected chi connectivity index (χ4v) is 3.79. The molecule has 1 saturated heterocycles. The van der Waals surface area contributed by atoms with Crippen molar-refractivity contribution in [3.8, 4) is 11.4 Å². The molecule has 1 aromatic heterocycles. The topological polar surface area (TPSA) is 80.1 Å². The van der Waals surface area contributed by atoms with Crippen molar-refractivity contribution in [2.75, 3.05) is 13.1 Å². The van der Waals surface area contributed by atoms with Crippen LogP contribution < -0.4 is 5.32 Å². The van der Waals surface area contributed by atoms with Gasteiger partial charge < -0.3 is 10.2 Å². The van der Waals surface area contributed by atoms with E-state index in [-0.39, 0.29) is 29.8 Å². The summed E-state index contributed by atoms with van der Waals surface area (Å²) in [6.07, 6.45) is 5.40. The molecule has 4 rings (SSSR count). The first-order chi connectivity index (χ1) is 13.5. The van der Waals surface area contributed by atoms with E-state index in [0.29, 0.717) is 12.1 Å². The van der Waals surface area contributed by atoms with E-state index in [1.54, 1.807) is 0 Å². The van der Waals surface area contributed by atoms with E-state index in [2.05, 4.69) is 15.4 Å². The lowest BCUT2D eigenvalue weighted by Crippen LogP contribution is -2.50. The number of nitrogens with one attached hydrogen (secondary N) is 1. The van der Waals surface area contributed by atoms with Gasteiger partial charge in [-0.1, -0.05) is 12.1 Å². The molecule has 2 fully saturated rings. The van der Waals surface area contributed by atoms with Crippen molar-refractivity contribution < 1.29 is 9.59 Å². The Kier molecular flexibility index (Phi) is 5.15. The predicted molar refractivity (Wildman–Crippen MR) is 106 cm³/mol. The Bertz CT molecular complexity index is 871. The van der Waals surface area contributed by atoms with Gasteiger partial charge in [0.05, 0.1) is 0 Å². The number of benzene rings is 1. The third-order valence-electron chi connectivity index (χ3n) is 5.44. The van der Waals surface area contributed by atoms with Crippen LogP contribution in [0.25, 0.3) is 11.4 Å². The average Bonchev–Trinajstić information content (AvgIpc) is 3.43. The minimum atomic E-state index is -0.108. The molecule has 2 amide bonds. The maximum absolute atomic E-state index is 12.8. The van der Waals surface area contributed by atoms with Crippen LogP contribution in [0.1, 0.15) is 55.9 Å². The molecule has 2 aliphatic rings. The van der Waals surface area contributed by atoms with E-state index in [1.807, 2.05) is 47.7 Å². The molecule has 7 heteroatoms. The number of carbonyl (C=O) groups is 2. The van der Waals surface area contributed by atoms with Gasteiger partial charge in [0.15, 0.2) is 5.82 Å². The average molecular weight is 381 g/mol. The molecule has 1 aliphatic carbocycles. The van der Waals surface area contributed by atoms with Crippen LogP contribution in [0.15, 0.2) is 30.6 Å². The van der Waals surface area contributed by atoms with Gasteiger partial charge in [-0.2, -0.15) is 5.10 Å². The van der Waals surface area contributed by atoms with Crippen LogP contribution >= 0.6 is 0 Å². The van der Waals surface area contributed by atoms with Crippen LogP contribution in [0.2, 0.25) is 0 Å². The fourth-order valence-electron chi connectivity index (χ4n) is 3.79. The van der Waals surface area contributed by atoms with Crippen molar-refractivity contribution in [3.05, 3.63) is 36.2 Å². The molecule has 7 nitrogen and oxygen atoms in total. The largest absolute Gasteiger partial charge is 0.348 e. The summed E-state index contributed by atoms with van der Waals surface area (Å²) in [6.45, 7) is 5.52. The van der Waals surface area contributed by atoms with Crippen LogP contribution in [0.5, 0.6) is 0 Å². The first kappa shape index (κ1) is 18.7. The highest BCUT2D eigenvalue weighted by molar-refractivity contribution is 5.95. The lowest BCUT2D eigenvalue weighted by atomic mass is 10.0. The molecule has 1 saturated carbocycles. The van der Waals surface area contributed by atoms with E-state index in [1.165, 1.54) is 6.33 Å². The first-order valence-electron chi connectivity index (χ1n) is 10.1. The van der Waals surface area contributed by atoms with Crippen molar-refractivity contribution in [1.82, 2.24) is 25.0 Å². The van der Waals surface area contributed by atoms with E-state index >= 15 is 0 Å². The van der Waals surface area contributed by atoms with Gasteiger partial charge in [-0.25, -0.2) is 9.67 Å². The highest BCUT2D eigenvalue weighted by atomic mass is 16.2. The molecule has 1 aromatic carbocycles. The zero-order chi connectivity index (χ0) is 19.7.